The molecular weight excluding hydrogens is 1510 g/mol. The summed E-state index contributed by atoms with van der Waals surface area (Å²) < 4.78 is 0. The molecule has 117 heavy (non-hydrogen) atoms. The number of aromatic hydroxyl groups is 1. The number of imidazole rings is 1. The van der Waals surface area contributed by atoms with Crippen LogP contribution in [0.5, 0.6) is 5.75 Å². The summed E-state index contributed by atoms with van der Waals surface area (Å²) in [4.78, 5) is 225. The number of H-pyrrole nitrogens is 3. The number of carboxylic acid groups (broad SMARTS) is 1. The van der Waals surface area contributed by atoms with Crippen LogP contribution in [0.15, 0.2) is 97.7 Å². The smallest absolute Gasteiger partial charge is 0.326 e. The molecular formula is C80H110N20O17. The van der Waals surface area contributed by atoms with Gasteiger partial charge in [0.15, 0.2) is 0 Å². The summed E-state index contributed by atoms with van der Waals surface area (Å²) in [5.41, 5.74) is 27.3. The van der Waals surface area contributed by atoms with Crippen LogP contribution in [0.1, 0.15) is 140 Å². The number of hydrogen-bond acceptors (Lipinski definition) is 19. The third kappa shape index (κ3) is 26.6. The Kier molecular flexibility index (Phi) is 33.5. The van der Waals surface area contributed by atoms with Crippen molar-refractivity contribution in [3.05, 3.63) is 120 Å². The molecule has 2 saturated heterocycles. The number of rotatable bonds is 45. The minimum absolute atomic E-state index is 0.0127. The van der Waals surface area contributed by atoms with E-state index in [1.54, 1.807) is 52.4 Å². The summed E-state index contributed by atoms with van der Waals surface area (Å²) in [6.45, 7) is 7.96. The molecule has 14 amide bonds. The molecule has 5 heterocycles. The zero-order valence-electron chi connectivity index (χ0n) is 66.3. The molecule has 12 atom stereocenters. The van der Waals surface area contributed by atoms with Crippen LogP contribution in [-0.2, 0) is 97.6 Å². The predicted molar refractivity (Wildman–Crippen MR) is 428 cm³/mol. The summed E-state index contributed by atoms with van der Waals surface area (Å²) in [6, 6.07) is 4.36. The summed E-state index contributed by atoms with van der Waals surface area (Å²) >= 11 is 0. The fraction of sp³-hybridized carbons (Fsp3) is 0.500. The third-order valence-corrected chi connectivity index (χ3v) is 20.5. The van der Waals surface area contributed by atoms with E-state index in [2.05, 4.69) is 73.1 Å². The third-order valence-electron chi connectivity index (χ3n) is 20.5. The van der Waals surface area contributed by atoms with Gasteiger partial charge in [-0.15, -0.1) is 0 Å². The largest absolute Gasteiger partial charge is 0.508 e. The van der Waals surface area contributed by atoms with Crippen LogP contribution < -0.4 is 76.1 Å². The van der Waals surface area contributed by atoms with Crippen molar-refractivity contribution in [1.29, 1.82) is 0 Å². The molecule has 2 aliphatic heterocycles. The van der Waals surface area contributed by atoms with Crippen molar-refractivity contribution < 1.29 is 82.1 Å². The van der Waals surface area contributed by atoms with E-state index in [1.165, 1.54) is 47.3 Å². The second-order valence-corrected chi connectivity index (χ2v) is 30.6. The quantitative estimate of drug-likeness (QED) is 0.0204. The number of nitrogens with zero attached hydrogens (tertiary/aromatic N) is 3. The molecule has 0 unspecified atom stereocenters. The van der Waals surface area contributed by atoms with Crippen molar-refractivity contribution in [2.45, 2.75) is 216 Å². The van der Waals surface area contributed by atoms with Crippen molar-refractivity contribution in [2.75, 3.05) is 26.2 Å². The number of phenolic OH excluding ortho intramolecular Hbond substituents is 1. The van der Waals surface area contributed by atoms with E-state index in [0.717, 1.165) is 27.4 Å². The van der Waals surface area contributed by atoms with Crippen molar-refractivity contribution in [3.63, 3.8) is 0 Å². The first-order valence-electron chi connectivity index (χ1n) is 39.5. The maximum Gasteiger partial charge on any atom is 0.326 e. The van der Waals surface area contributed by atoms with E-state index < -0.39 is 174 Å². The number of nitrogens with two attached hydrogens (primary N) is 4. The average molecular weight is 1620 g/mol. The van der Waals surface area contributed by atoms with Crippen molar-refractivity contribution >= 4 is 110 Å². The van der Waals surface area contributed by atoms with Gasteiger partial charge in [-0.2, -0.15) is 0 Å². The number of para-hydroxylation sites is 2. The van der Waals surface area contributed by atoms with Gasteiger partial charge in [-0.05, 0) is 143 Å². The average Bonchev–Trinajstić information content (AvgIpc) is 1.71. The van der Waals surface area contributed by atoms with E-state index in [-0.39, 0.29) is 114 Å². The Bertz CT molecular complexity index is 4490. The maximum atomic E-state index is 15.0. The van der Waals surface area contributed by atoms with Crippen LogP contribution in [0.2, 0.25) is 0 Å². The van der Waals surface area contributed by atoms with Gasteiger partial charge in [-0.25, -0.2) is 9.78 Å². The molecule has 3 aromatic heterocycles. The monoisotopic (exact) mass is 1620 g/mol. The van der Waals surface area contributed by atoms with Crippen LogP contribution in [-0.4, -0.2) is 227 Å². The lowest BCUT2D eigenvalue weighted by Gasteiger charge is -2.31. The summed E-state index contributed by atoms with van der Waals surface area (Å²) in [5, 5.41) is 47.6. The first-order chi connectivity index (χ1) is 55.8. The Morgan fingerprint density at radius 1 is 0.504 bits per heavy atom. The lowest BCUT2D eigenvalue weighted by atomic mass is 9.99. The SMILES string of the molecule is CC(C)C[C@H](NC(=O)[C@H](Cc1c[nH]c2ccccc12)NC(=O)[C@H](Cc1c[nH]cn1)NC(=O)[C@@H](N)Cc1c[nH]c2ccccc12)C(=O)N[C@@H](CCC(N)=O)C(=O)N[C@@H](CC(C)C)C(=O)N[C@@H](CCCCN)C(=O)N1CCC[C@H]1C(=O)NCC(=O)N[C@@H](CCC(N)=O)C(=O)N1CCC[C@H]1C(=O)N[C@@H](C)C(=O)N[C@@H](Cc1ccc(O)cc1)C(=O)O. The highest BCUT2D eigenvalue weighted by molar-refractivity contribution is 6.00. The lowest BCUT2D eigenvalue weighted by Crippen LogP contribution is -2.61. The minimum Gasteiger partial charge on any atom is -0.508 e. The number of benzene rings is 3. The molecule has 3 aromatic carbocycles. The van der Waals surface area contributed by atoms with E-state index in [0.29, 0.717) is 42.5 Å². The number of aliphatic carboxylic acids is 1. The van der Waals surface area contributed by atoms with Gasteiger partial charge >= 0.3 is 5.97 Å². The Labute approximate surface area is 675 Å². The van der Waals surface area contributed by atoms with Crippen LogP contribution in [0.25, 0.3) is 21.8 Å². The standard InChI is InChI=1S/C80H110N20O17/c1-43(2)32-59(96-74(110)61(36-48-39-87-55-17-9-7-15-52(48)55)97-75(111)62(37-49-40-85-42-89-49)94-70(106)53(82)35-47-38-86-54-16-8-6-14-51(47)54)72(108)92-56(25-27-66(83)102)71(107)95-60(33-44(3)4)73(109)93-57(18-10-11-29-81)78(114)99-30-12-19-64(99)76(112)88-41-68(104)91-58(26-28-67(84)103)79(115)100-31-13-20-65(100)77(113)90-45(5)69(105)98-63(80(116)117)34-46-21-23-50(101)24-22-46/h6-9,14-17,21-24,38-40,42-45,53,56-65,86-87,101H,10-13,18-20,25-37,41,81-82H2,1-5H3,(H2,83,102)(H2,84,103)(H,85,89)(H,88,112)(H,90,113)(H,91,104)(H,92,108)(H,93,109)(H,94,106)(H,95,107)(H,96,110)(H,97,111)(H,98,105)(H,116,117)/t45-,53-,56-,57-,58-,59-,60-,61-,62-,63-,64-,65-/m0/s1. The highest BCUT2D eigenvalue weighted by atomic mass is 16.4. The molecule has 0 radical (unpaired) electrons. The van der Waals surface area contributed by atoms with Crippen LogP contribution in [0.3, 0.4) is 0 Å². The Hall–Kier alpha value is -12.3. The summed E-state index contributed by atoms with van der Waals surface area (Å²) in [6.07, 6.45) is 6.11. The van der Waals surface area contributed by atoms with Gasteiger partial charge in [-0.1, -0.05) is 76.2 Å². The zero-order valence-corrected chi connectivity index (χ0v) is 66.3. The van der Waals surface area contributed by atoms with Gasteiger partial charge in [0.2, 0.25) is 82.7 Å². The van der Waals surface area contributed by atoms with Crippen LogP contribution >= 0.6 is 0 Å². The van der Waals surface area contributed by atoms with Gasteiger partial charge in [0, 0.05) is 85.6 Å². The molecule has 37 heteroatoms. The number of amides is 14. The first-order valence-corrected chi connectivity index (χ1v) is 39.5. The number of carbonyl (C=O) groups is 15. The highest BCUT2D eigenvalue weighted by Gasteiger charge is 2.42. The van der Waals surface area contributed by atoms with Gasteiger partial charge < -0.3 is 111 Å². The molecule has 0 saturated carbocycles. The molecule has 2 aliphatic rings. The number of nitrogens with one attached hydrogen (secondary N) is 13. The Morgan fingerprint density at radius 3 is 1.50 bits per heavy atom. The van der Waals surface area contributed by atoms with E-state index in [4.69, 9.17) is 22.9 Å². The predicted octanol–water partition coefficient (Wildman–Crippen LogP) is -1.01. The second-order valence-electron chi connectivity index (χ2n) is 30.6. The highest BCUT2D eigenvalue weighted by Crippen LogP contribution is 2.25. The molecule has 632 valence electrons. The molecule has 0 spiro atoms. The van der Waals surface area contributed by atoms with E-state index >= 15 is 4.79 Å². The molecule has 8 rings (SSSR count). The summed E-state index contributed by atoms with van der Waals surface area (Å²) in [7, 11) is 0. The Morgan fingerprint density at radius 2 is 0.974 bits per heavy atom. The molecule has 37 nitrogen and oxygen atoms in total. The zero-order chi connectivity index (χ0) is 85.2. The molecule has 0 bridgehead atoms. The molecule has 6 aromatic rings. The number of likely N-dealkylation sites (tertiary alicyclic amines) is 2. The fourth-order valence-corrected chi connectivity index (χ4v) is 14.4. The number of hydrogen-bond donors (Lipinski definition) is 19. The number of carboxylic acids is 1. The lowest BCUT2D eigenvalue weighted by molar-refractivity contribution is -0.143. The Balaban J connectivity index is 0.920. The van der Waals surface area contributed by atoms with E-state index in [9.17, 15) is 77.3 Å². The van der Waals surface area contributed by atoms with Crippen LogP contribution in [0.4, 0.5) is 0 Å². The topological polar surface area (TPSA) is 588 Å². The van der Waals surface area contributed by atoms with Gasteiger partial charge in [0.1, 0.15) is 72.2 Å². The number of unbranched alkanes of at least 4 members (excludes halogenated alkanes) is 1. The minimum atomic E-state index is -1.58. The van der Waals surface area contributed by atoms with Gasteiger partial charge in [0.25, 0.3) is 0 Å². The van der Waals surface area contributed by atoms with Gasteiger partial charge in [0.05, 0.1) is 24.6 Å². The number of aromatic nitrogens is 4. The van der Waals surface area contributed by atoms with Crippen molar-refractivity contribution in [3.8, 4) is 5.75 Å². The number of fused-ring (bicyclic) bond motifs is 2. The van der Waals surface area contributed by atoms with Crippen molar-refractivity contribution in [1.82, 2.24) is 82.9 Å². The molecule has 23 N–H and O–H groups in total. The second kappa shape index (κ2) is 43.4. The normalized spacial score (nSPS) is 16.6. The summed E-state index contributed by atoms with van der Waals surface area (Å²) in [5.74, 6) is -13.4. The van der Waals surface area contributed by atoms with Crippen molar-refractivity contribution in [2.24, 2.45) is 34.8 Å². The number of phenols is 1. The number of primary amides is 2. The van der Waals surface area contributed by atoms with Gasteiger partial charge in [-0.3, -0.25) is 67.1 Å². The number of carbonyl (C=O) groups excluding carboxylic acids is 14. The van der Waals surface area contributed by atoms with E-state index in [1.807, 2.05) is 42.5 Å². The van der Waals surface area contributed by atoms with Crippen LogP contribution in [0, 0.1) is 11.8 Å². The fourth-order valence-electron chi connectivity index (χ4n) is 14.4. The maximum absolute atomic E-state index is 15.0. The number of aromatic amines is 3. The first kappa shape index (κ1) is 90.3. The molecule has 0 aliphatic carbocycles. The molecule has 2 fully saturated rings.